The molecule has 2 fully saturated rings. The van der Waals surface area contributed by atoms with Crippen LogP contribution in [0.1, 0.15) is 56.1 Å². The molecule has 1 N–H and O–H groups in total. The zero-order valence-corrected chi connectivity index (χ0v) is 15.2. The Hall–Kier alpha value is -1.48. The van der Waals surface area contributed by atoms with Crippen LogP contribution in [-0.2, 0) is 10.2 Å². The number of hydrogen-bond acceptors (Lipinski definition) is 4. The Morgan fingerprint density at radius 1 is 1.40 bits per heavy atom. The SMILES string of the molecule is CC(C)Oc1cc2nc(C34CCC(C)(C3)OC4)cn2cc1C(=O)O.[Li]. The fraction of sp³-hybridized carbons (Fsp3) is 0.556. The van der Waals surface area contributed by atoms with E-state index in [1.807, 2.05) is 20.0 Å². The number of ether oxygens (including phenoxy) is 2. The molecule has 3 heterocycles. The summed E-state index contributed by atoms with van der Waals surface area (Å²) in [6, 6.07) is 1.72. The maximum atomic E-state index is 11.5. The smallest absolute Gasteiger partial charge is 0.341 e. The number of nitrogens with zero attached hydrogens (tertiary/aromatic N) is 2. The van der Waals surface area contributed by atoms with Gasteiger partial charge in [0.15, 0.2) is 0 Å². The van der Waals surface area contributed by atoms with E-state index < -0.39 is 5.97 Å². The van der Waals surface area contributed by atoms with Gasteiger partial charge in [-0.05, 0) is 40.0 Å². The molecule has 4 rings (SSSR count). The predicted molar refractivity (Wildman–Crippen MR) is 93.6 cm³/mol. The van der Waals surface area contributed by atoms with Gasteiger partial charge in [-0.25, -0.2) is 9.78 Å². The third-order valence-electron chi connectivity index (χ3n) is 5.23. The third-order valence-corrected chi connectivity index (χ3v) is 5.23. The van der Waals surface area contributed by atoms with E-state index in [-0.39, 0.29) is 41.5 Å². The van der Waals surface area contributed by atoms with Crippen molar-refractivity contribution in [2.45, 2.75) is 57.2 Å². The summed E-state index contributed by atoms with van der Waals surface area (Å²) in [6.45, 7) is 6.60. The van der Waals surface area contributed by atoms with Crippen molar-refractivity contribution in [3.8, 4) is 5.75 Å². The summed E-state index contributed by atoms with van der Waals surface area (Å²) in [5.74, 6) is -0.641. The van der Waals surface area contributed by atoms with E-state index in [4.69, 9.17) is 14.5 Å². The van der Waals surface area contributed by atoms with Crippen LogP contribution in [0.5, 0.6) is 5.75 Å². The first-order valence-corrected chi connectivity index (χ1v) is 8.37. The molecule has 2 unspecified atom stereocenters. The minimum absolute atomic E-state index is 0. The largest absolute Gasteiger partial charge is 0.490 e. The number of hydrogen-bond donors (Lipinski definition) is 1. The summed E-state index contributed by atoms with van der Waals surface area (Å²) in [7, 11) is 0. The molecule has 1 aliphatic carbocycles. The maximum Gasteiger partial charge on any atom is 0.341 e. The Morgan fingerprint density at radius 3 is 2.68 bits per heavy atom. The summed E-state index contributed by atoms with van der Waals surface area (Å²) in [4.78, 5) is 16.3. The van der Waals surface area contributed by atoms with Gasteiger partial charge in [-0.2, -0.15) is 0 Å². The molecular formula is C18H22LiN2O4. The van der Waals surface area contributed by atoms with Crippen LogP contribution in [0.4, 0.5) is 0 Å². The van der Waals surface area contributed by atoms with Gasteiger partial charge in [-0.3, -0.25) is 0 Å². The normalized spacial score (nSPS) is 27.7. The van der Waals surface area contributed by atoms with Crippen molar-refractivity contribution in [2.75, 3.05) is 6.61 Å². The summed E-state index contributed by atoms with van der Waals surface area (Å²) < 4.78 is 13.4. The molecule has 2 aromatic heterocycles. The van der Waals surface area contributed by atoms with Gasteiger partial charge in [0.1, 0.15) is 17.0 Å². The molecule has 1 saturated carbocycles. The van der Waals surface area contributed by atoms with Gasteiger partial charge in [-0.1, -0.05) is 0 Å². The van der Waals surface area contributed by atoms with E-state index in [0.29, 0.717) is 18.0 Å². The molecule has 2 atom stereocenters. The molecule has 6 nitrogen and oxygen atoms in total. The molecule has 2 aliphatic rings. The van der Waals surface area contributed by atoms with Crippen molar-refractivity contribution < 1.29 is 19.4 Å². The molecule has 0 amide bonds. The quantitative estimate of drug-likeness (QED) is 0.869. The van der Waals surface area contributed by atoms with Gasteiger partial charge >= 0.3 is 5.97 Å². The molecule has 0 aromatic carbocycles. The number of aromatic carboxylic acids is 1. The average molecular weight is 337 g/mol. The van der Waals surface area contributed by atoms with E-state index in [0.717, 1.165) is 25.0 Å². The Bertz CT molecular complexity index is 822. The first kappa shape index (κ1) is 18.3. The Kier molecular flexibility index (Phi) is 4.43. The number of fused-ring (bicyclic) bond motifs is 3. The van der Waals surface area contributed by atoms with Crippen LogP contribution >= 0.6 is 0 Å². The van der Waals surface area contributed by atoms with Gasteiger partial charge in [0.25, 0.3) is 0 Å². The fourth-order valence-electron chi connectivity index (χ4n) is 4.03. The van der Waals surface area contributed by atoms with Crippen LogP contribution in [0.2, 0.25) is 0 Å². The zero-order chi connectivity index (χ0) is 17.1. The van der Waals surface area contributed by atoms with Crippen molar-refractivity contribution in [2.24, 2.45) is 0 Å². The average Bonchev–Trinajstić information content (AvgIpc) is 3.15. The first-order chi connectivity index (χ1) is 11.3. The van der Waals surface area contributed by atoms with Crippen molar-refractivity contribution in [3.63, 3.8) is 0 Å². The Balaban J connectivity index is 0.00000182. The minimum atomic E-state index is -1.00. The summed E-state index contributed by atoms with van der Waals surface area (Å²) in [6.07, 6.45) is 6.52. The van der Waals surface area contributed by atoms with Gasteiger partial charge in [-0.15, -0.1) is 0 Å². The van der Waals surface area contributed by atoms with Crippen molar-refractivity contribution in [3.05, 3.63) is 29.7 Å². The third kappa shape index (κ3) is 2.97. The number of pyridine rings is 1. The van der Waals surface area contributed by atoms with Crippen LogP contribution in [0.25, 0.3) is 5.65 Å². The van der Waals surface area contributed by atoms with E-state index in [1.54, 1.807) is 16.7 Å². The monoisotopic (exact) mass is 337 g/mol. The van der Waals surface area contributed by atoms with Crippen LogP contribution in [0.15, 0.2) is 18.5 Å². The first-order valence-electron chi connectivity index (χ1n) is 8.37. The molecule has 1 saturated heterocycles. The van der Waals surface area contributed by atoms with Crippen molar-refractivity contribution >= 4 is 30.5 Å². The molecule has 0 spiro atoms. The van der Waals surface area contributed by atoms with Gasteiger partial charge in [0, 0.05) is 42.7 Å². The number of aromatic nitrogens is 2. The zero-order valence-electron chi connectivity index (χ0n) is 15.2. The molecule has 1 radical (unpaired) electrons. The van der Waals surface area contributed by atoms with Gasteiger partial charge < -0.3 is 19.0 Å². The van der Waals surface area contributed by atoms with Gasteiger partial charge in [0.2, 0.25) is 0 Å². The molecule has 2 aromatic rings. The minimum Gasteiger partial charge on any atom is -0.490 e. The summed E-state index contributed by atoms with van der Waals surface area (Å²) >= 11 is 0. The molecule has 7 heteroatoms. The molecule has 129 valence electrons. The number of carboxylic acid groups (broad SMARTS) is 1. The van der Waals surface area contributed by atoms with Crippen molar-refractivity contribution in [1.82, 2.24) is 9.38 Å². The van der Waals surface area contributed by atoms with Crippen LogP contribution in [-0.4, -0.2) is 57.6 Å². The second-order valence-electron chi connectivity index (χ2n) is 7.61. The van der Waals surface area contributed by atoms with Crippen LogP contribution < -0.4 is 4.74 Å². The predicted octanol–water partition coefficient (Wildman–Crippen LogP) is 2.65. The molecule has 1 aliphatic heterocycles. The maximum absolute atomic E-state index is 11.5. The van der Waals surface area contributed by atoms with Crippen LogP contribution in [0.3, 0.4) is 0 Å². The molecule has 25 heavy (non-hydrogen) atoms. The Morgan fingerprint density at radius 2 is 2.16 bits per heavy atom. The number of carbonyl (C=O) groups is 1. The topological polar surface area (TPSA) is 73.1 Å². The molecular weight excluding hydrogens is 315 g/mol. The second-order valence-corrected chi connectivity index (χ2v) is 7.61. The Labute approximate surface area is 158 Å². The number of carboxylic acids is 1. The standard InChI is InChI=1S/C18H22N2O4.Li/c1-11(2)24-13-6-15-19-14(8-20(15)7-12(13)16(21)22)18-5-4-17(3,9-18)23-10-18;/h6-8,11H,4-5,9-10H2,1-3H3,(H,21,22);. The van der Waals surface area contributed by atoms with E-state index in [9.17, 15) is 9.90 Å². The summed E-state index contributed by atoms with van der Waals surface area (Å²) in [5, 5.41) is 9.46. The second kappa shape index (κ2) is 6.05. The number of rotatable bonds is 4. The van der Waals surface area contributed by atoms with Crippen molar-refractivity contribution in [1.29, 1.82) is 0 Å². The molecule has 2 bridgehead atoms. The van der Waals surface area contributed by atoms with E-state index in [2.05, 4.69) is 6.92 Å². The number of imidazole rings is 1. The summed E-state index contributed by atoms with van der Waals surface area (Å²) in [5.41, 5.74) is 1.77. The van der Waals surface area contributed by atoms with Crippen LogP contribution in [0, 0.1) is 0 Å². The van der Waals surface area contributed by atoms with E-state index in [1.165, 1.54) is 0 Å². The van der Waals surface area contributed by atoms with Gasteiger partial charge in [0.05, 0.1) is 24.0 Å². The fourth-order valence-corrected chi connectivity index (χ4v) is 4.03. The van der Waals surface area contributed by atoms with E-state index >= 15 is 0 Å².